The Labute approximate surface area is 123 Å². The lowest BCUT2D eigenvalue weighted by Crippen LogP contribution is -2.09. The molecule has 0 aliphatic rings. The molecular weight excluding hydrogens is 272 g/mol. The maximum absolute atomic E-state index is 11.8. The molecule has 20 heavy (non-hydrogen) atoms. The highest BCUT2D eigenvalue weighted by Crippen LogP contribution is 2.26. The Morgan fingerprint density at radius 3 is 2.65 bits per heavy atom. The molecule has 0 atom stereocenters. The molecule has 4 heteroatoms. The number of nitrogens with one attached hydrogen (secondary N) is 1. The van der Waals surface area contributed by atoms with Gasteiger partial charge in [-0.1, -0.05) is 41.9 Å². The topological polar surface area (TPSA) is 55.1 Å². The number of halogens is 1. The van der Waals surface area contributed by atoms with E-state index in [0.29, 0.717) is 16.4 Å². The summed E-state index contributed by atoms with van der Waals surface area (Å²) < 4.78 is 0. The minimum Gasteiger partial charge on any atom is -0.397 e. The first kappa shape index (κ1) is 14.2. The highest BCUT2D eigenvalue weighted by Gasteiger charge is 2.05. The fourth-order valence-corrected chi connectivity index (χ4v) is 1.89. The highest BCUT2D eigenvalue weighted by molar-refractivity contribution is 6.32. The van der Waals surface area contributed by atoms with Crippen LogP contribution in [0.2, 0.25) is 5.02 Å². The molecule has 0 saturated carbocycles. The van der Waals surface area contributed by atoms with Gasteiger partial charge in [-0.15, -0.1) is 0 Å². The maximum Gasteiger partial charge on any atom is 0.248 e. The Morgan fingerprint density at radius 2 is 1.95 bits per heavy atom. The quantitative estimate of drug-likeness (QED) is 0.664. The second-order valence-electron chi connectivity index (χ2n) is 4.42. The van der Waals surface area contributed by atoms with Gasteiger partial charge in [0, 0.05) is 11.1 Å². The van der Waals surface area contributed by atoms with Crippen LogP contribution in [0.1, 0.15) is 11.1 Å². The molecule has 0 aliphatic heterocycles. The van der Waals surface area contributed by atoms with Gasteiger partial charge in [-0.2, -0.15) is 0 Å². The number of anilines is 2. The van der Waals surface area contributed by atoms with Crippen LogP contribution < -0.4 is 11.1 Å². The number of benzene rings is 2. The van der Waals surface area contributed by atoms with Crippen molar-refractivity contribution in [1.82, 2.24) is 0 Å². The van der Waals surface area contributed by atoms with Crippen molar-refractivity contribution in [1.29, 1.82) is 0 Å². The number of hydrogen-bond acceptors (Lipinski definition) is 2. The van der Waals surface area contributed by atoms with Crippen LogP contribution in [-0.2, 0) is 4.79 Å². The van der Waals surface area contributed by atoms with Crippen molar-refractivity contribution >= 4 is 35.0 Å². The van der Waals surface area contributed by atoms with Crippen LogP contribution in [0.3, 0.4) is 0 Å². The molecule has 1 amide bonds. The summed E-state index contributed by atoms with van der Waals surface area (Å²) in [6.45, 7) is 1.86. The number of rotatable bonds is 3. The van der Waals surface area contributed by atoms with Gasteiger partial charge in [0.1, 0.15) is 0 Å². The number of amides is 1. The minimum absolute atomic E-state index is 0.250. The van der Waals surface area contributed by atoms with E-state index in [1.165, 1.54) is 6.08 Å². The number of nitrogens with two attached hydrogens (primary N) is 1. The molecule has 2 aromatic rings. The molecule has 0 saturated heterocycles. The van der Waals surface area contributed by atoms with Gasteiger partial charge in [0.2, 0.25) is 5.91 Å². The van der Waals surface area contributed by atoms with Crippen LogP contribution in [0.15, 0.2) is 48.5 Å². The molecule has 0 spiro atoms. The molecule has 0 heterocycles. The van der Waals surface area contributed by atoms with Gasteiger partial charge >= 0.3 is 0 Å². The van der Waals surface area contributed by atoms with Crippen LogP contribution >= 0.6 is 11.6 Å². The first-order valence-corrected chi connectivity index (χ1v) is 6.54. The Hall–Kier alpha value is -2.26. The van der Waals surface area contributed by atoms with E-state index in [4.69, 9.17) is 17.3 Å². The molecule has 0 aliphatic carbocycles. The van der Waals surface area contributed by atoms with E-state index in [1.807, 2.05) is 37.3 Å². The van der Waals surface area contributed by atoms with E-state index < -0.39 is 0 Å². The van der Waals surface area contributed by atoms with Crippen LogP contribution in [-0.4, -0.2) is 5.91 Å². The van der Waals surface area contributed by atoms with Gasteiger partial charge in [0.25, 0.3) is 0 Å². The zero-order valence-electron chi connectivity index (χ0n) is 11.1. The summed E-state index contributed by atoms with van der Waals surface area (Å²) in [5.41, 5.74) is 8.69. The zero-order valence-corrected chi connectivity index (χ0v) is 11.8. The lowest BCUT2D eigenvalue weighted by Gasteiger charge is -2.08. The third-order valence-electron chi connectivity index (χ3n) is 2.82. The second kappa shape index (κ2) is 6.26. The normalized spacial score (nSPS) is 10.7. The predicted molar refractivity (Wildman–Crippen MR) is 84.7 cm³/mol. The van der Waals surface area contributed by atoms with Crippen LogP contribution in [0.4, 0.5) is 11.4 Å². The van der Waals surface area contributed by atoms with Crippen molar-refractivity contribution in [3.8, 4) is 0 Å². The van der Waals surface area contributed by atoms with Crippen molar-refractivity contribution in [2.45, 2.75) is 6.92 Å². The summed E-state index contributed by atoms with van der Waals surface area (Å²) in [7, 11) is 0. The van der Waals surface area contributed by atoms with Crippen LogP contribution in [0.5, 0.6) is 0 Å². The van der Waals surface area contributed by atoms with E-state index in [1.54, 1.807) is 18.2 Å². The largest absolute Gasteiger partial charge is 0.397 e. The van der Waals surface area contributed by atoms with E-state index in [0.717, 1.165) is 11.1 Å². The Kier molecular flexibility index (Phi) is 4.43. The van der Waals surface area contributed by atoms with Crippen molar-refractivity contribution in [2.75, 3.05) is 11.1 Å². The smallest absolute Gasteiger partial charge is 0.248 e. The summed E-state index contributed by atoms with van der Waals surface area (Å²) in [4.78, 5) is 11.8. The Balaban J connectivity index is 2.09. The standard InChI is InChI=1S/C16H15ClN2O/c1-11-9-14(18)15(10-13(11)17)19-16(20)8-7-12-5-3-2-4-6-12/h2-10H,18H2,1H3,(H,19,20)/b8-7+. The average Bonchev–Trinajstić information content (AvgIpc) is 2.44. The molecule has 0 bridgehead atoms. The summed E-state index contributed by atoms with van der Waals surface area (Å²) in [6.07, 6.45) is 3.20. The first-order valence-electron chi connectivity index (χ1n) is 6.16. The predicted octanol–water partition coefficient (Wildman–Crippen LogP) is 3.88. The molecule has 0 fully saturated rings. The van der Waals surface area contributed by atoms with Crippen molar-refractivity contribution in [3.05, 3.63) is 64.7 Å². The number of nitrogen functional groups attached to an aromatic ring is 1. The third-order valence-corrected chi connectivity index (χ3v) is 3.22. The SMILES string of the molecule is Cc1cc(N)c(NC(=O)/C=C/c2ccccc2)cc1Cl. The van der Waals surface area contributed by atoms with Crippen molar-refractivity contribution in [2.24, 2.45) is 0 Å². The number of hydrogen-bond donors (Lipinski definition) is 2. The Bertz CT molecular complexity index is 651. The van der Waals surface area contributed by atoms with E-state index in [-0.39, 0.29) is 5.91 Å². The molecule has 102 valence electrons. The number of carbonyl (C=O) groups excluding carboxylic acids is 1. The summed E-state index contributed by atoms with van der Waals surface area (Å²) in [5.74, 6) is -0.250. The van der Waals surface area contributed by atoms with Gasteiger partial charge in [-0.3, -0.25) is 4.79 Å². The summed E-state index contributed by atoms with van der Waals surface area (Å²) in [6, 6.07) is 13.0. The maximum atomic E-state index is 11.8. The van der Waals surface area contributed by atoms with Gasteiger partial charge in [0.15, 0.2) is 0 Å². The molecule has 0 aromatic heterocycles. The molecular formula is C16H15ClN2O. The molecule has 3 nitrogen and oxygen atoms in total. The molecule has 2 rings (SSSR count). The Morgan fingerprint density at radius 1 is 1.25 bits per heavy atom. The summed E-state index contributed by atoms with van der Waals surface area (Å²) in [5, 5.41) is 3.28. The minimum atomic E-state index is -0.250. The van der Waals surface area contributed by atoms with Gasteiger partial charge in [0.05, 0.1) is 11.4 Å². The van der Waals surface area contributed by atoms with Crippen LogP contribution in [0, 0.1) is 6.92 Å². The number of aryl methyl sites for hydroxylation is 1. The van der Waals surface area contributed by atoms with Gasteiger partial charge in [-0.25, -0.2) is 0 Å². The van der Waals surface area contributed by atoms with Gasteiger partial charge in [-0.05, 0) is 36.3 Å². The zero-order chi connectivity index (χ0) is 14.5. The third kappa shape index (κ3) is 3.62. The average molecular weight is 287 g/mol. The van der Waals surface area contributed by atoms with E-state index in [2.05, 4.69) is 5.32 Å². The fraction of sp³-hybridized carbons (Fsp3) is 0.0625. The summed E-state index contributed by atoms with van der Waals surface area (Å²) >= 11 is 6.02. The molecule has 0 radical (unpaired) electrons. The van der Waals surface area contributed by atoms with Crippen LogP contribution in [0.25, 0.3) is 6.08 Å². The lowest BCUT2D eigenvalue weighted by atomic mass is 10.2. The van der Waals surface area contributed by atoms with Crippen molar-refractivity contribution in [3.63, 3.8) is 0 Å². The highest BCUT2D eigenvalue weighted by atomic mass is 35.5. The molecule has 0 unspecified atom stereocenters. The van der Waals surface area contributed by atoms with E-state index in [9.17, 15) is 4.79 Å². The fourth-order valence-electron chi connectivity index (χ4n) is 1.72. The van der Waals surface area contributed by atoms with Crippen molar-refractivity contribution < 1.29 is 4.79 Å². The van der Waals surface area contributed by atoms with Gasteiger partial charge < -0.3 is 11.1 Å². The second-order valence-corrected chi connectivity index (χ2v) is 4.83. The number of carbonyl (C=O) groups is 1. The monoisotopic (exact) mass is 286 g/mol. The lowest BCUT2D eigenvalue weighted by molar-refractivity contribution is -0.111. The molecule has 2 aromatic carbocycles. The first-order chi connectivity index (χ1) is 9.56. The van der Waals surface area contributed by atoms with E-state index >= 15 is 0 Å². The molecule has 3 N–H and O–H groups in total.